The Morgan fingerprint density at radius 1 is 1.32 bits per heavy atom. The van der Waals surface area contributed by atoms with Crippen LogP contribution in [0.4, 0.5) is 5.95 Å². The Hall–Kier alpha value is -1.21. The Bertz CT molecular complexity index is 513. The summed E-state index contributed by atoms with van der Waals surface area (Å²) in [6.07, 6.45) is 4.91. The molecule has 6 nitrogen and oxygen atoms in total. The minimum atomic E-state index is -2.90. The van der Waals surface area contributed by atoms with E-state index in [4.69, 9.17) is 5.73 Å². The summed E-state index contributed by atoms with van der Waals surface area (Å²) in [5.41, 5.74) is 6.72. The average Bonchev–Trinajstić information content (AvgIpc) is 2.51. The van der Waals surface area contributed by atoms with Crippen LogP contribution in [0, 0.1) is 0 Å². The largest absolute Gasteiger partial charge is 0.340 e. The van der Waals surface area contributed by atoms with Crippen molar-refractivity contribution in [3.63, 3.8) is 0 Å². The fourth-order valence-corrected chi connectivity index (χ4v) is 3.40. The number of nitrogens with two attached hydrogens (primary N) is 1. The molecule has 1 aromatic heterocycles. The summed E-state index contributed by atoms with van der Waals surface area (Å²) >= 11 is 0. The second-order valence-corrected chi connectivity index (χ2v) is 7.37. The number of rotatable bonds is 3. The SMILES string of the molecule is CC(N)Cc1cnc(N2CCCS(=O)(=O)CC2)nc1. The van der Waals surface area contributed by atoms with Crippen molar-refractivity contribution in [1.82, 2.24) is 9.97 Å². The lowest BCUT2D eigenvalue weighted by Crippen LogP contribution is -2.28. The van der Waals surface area contributed by atoms with Gasteiger partial charge in [-0.25, -0.2) is 18.4 Å². The Kier molecular flexibility index (Phi) is 4.36. The summed E-state index contributed by atoms with van der Waals surface area (Å²) in [5.74, 6) is 1.04. The van der Waals surface area contributed by atoms with Crippen molar-refractivity contribution in [3.05, 3.63) is 18.0 Å². The van der Waals surface area contributed by atoms with Crippen LogP contribution < -0.4 is 10.6 Å². The van der Waals surface area contributed by atoms with Crippen LogP contribution in [0.15, 0.2) is 12.4 Å². The Morgan fingerprint density at radius 2 is 2.00 bits per heavy atom. The van der Waals surface area contributed by atoms with Crippen molar-refractivity contribution in [2.24, 2.45) is 5.73 Å². The van der Waals surface area contributed by atoms with Gasteiger partial charge in [0.2, 0.25) is 5.95 Å². The van der Waals surface area contributed by atoms with E-state index in [2.05, 4.69) is 9.97 Å². The van der Waals surface area contributed by atoms with E-state index < -0.39 is 9.84 Å². The van der Waals surface area contributed by atoms with Crippen LogP contribution in [0.3, 0.4) is 0 Å². The molecule has 2 N–H and O–H groups in total. The summed E-state index contributed by atoms with van der Waals surface area (Å²) in [4.78, 5) is 10.5. The first-order valence-corrected chi connectivity index (χ1v) is 8.30. The summed E-state index contributed by atoms with van der Waals surface area (Å²) in [6, 6.07) is 0.0813. The zero-order valence-corrected chi connectivity index (χ0v) is 11.9. The van der Waals surface area contributed by atoms with Crippen LogP contribution in [0.2, 0.25) is 0 Å². The van der Waals surface area contributed by atoms with Crippen molar-refractivity contribution >= 4 is 15.8 Å². The fraction of sp³-hybridized carbons (Fsp3) is 0.667. The van der Waals surface area contributed by atoms with Gasteiger partial charge in [-0.2, -0.15) is 0 Å². The van der Waals surface area contributed by atoms with E-state index in [0.717, 1.165) is 12.0 Å². The number of hydrogen-bond acceptors (Lipinski definition) is 6. The lowest BCUT2D eigenvalue weighted by atomic mass is 10.1. The van der Waals surface area contributed by atoms with E-state index >= 15 is 0 Å². The first-order valence-electron chi connectivity index (χ1n) is 6.48. The van der Waals surface area contributed by atoms with Crippen LogP contribution in [0.1, 0.15) is 18.9 Å². The number of sulfone groups is 1. The zero-order valence-electron chi connectivity index (χ0n) is 11.1. The molecule has 7 heteroatoms. The van der Waals surface area contributed by atoms with Gasteiger partial charge in [0.1, 0.15) is 0 Å². The van der Waals surface area contributed by atoms with Gasteiger partial charge in [0.15, 0.2) is 9.84 Å². The van der Waals surface area contributed by atoms with Crippen molar-refractivity contribution < 1.29 is 8.42 Å². The molecule has 0 saturated carbocycles. The first kappa shape index (κ1) is 14.2. The highest BCUT2D eigenvalue weighted by atomic mass is 32.2. The molecule has 19 heavy (non-hydrogen) atoms. The van der Waals surface area contributed by atoms with E-state index in [0.29, 0.717) is 25.5 Å². The highest BCUT2D eigenvalue weighted by molar-refractivity contribution is 7.91. The molecule has 0 spiro atoms. The molecule has 0 bridgehead atoms. The van der Waals surface area contributed by atoms with Gasteiger partial charge in [-0.15, -0.1) is 0 Å². The van der Waals surface area contributed by atoms with Crippen LogP contribution >= 0.6 is 0 Å². The molecule has 1 aromatic rings. The third-order valence-electron chi connectivity index (χ3n) is 3.09. The number of nitrogens with zero attached hydrogens (tertiary/aromatic N) is 3. The van der Waals surface area contributed by atoms with Crippen LogP contribution in [0.5, 0.6) is 0 Å². The topological polar surface area (TPSA) is 89.2 Å². The molecular weight excluding hydrogens is 264 g/mol. The van der Waals surface area contributed by atoms with Crippen molar-refractivity contribution in [1.29, 1.82) is 0 Å². The van der Waals surface area contributed by atoms with E-state index in [-0.39, 0.29) is 17.5 Å². The molecule has 2 rings (SSSR count). The Morgan fingerprint density at radius 3 is 2.63 bits per heavy atom. The number of anilines is 1. The van der Waals surface area contributed by atoms with Gasteiger partial charge in [-0.3, -0.25) is 0 Å². The van der Waals surface area contributed by atoms with Crippen LogP contribution in [-0.2, 0) is 16.3 Å². The molecule has 2 heterocycles. The van der Waals surface area contributed by atoms with Gasteiger partial charge < -0.3 is 10.6 Å². The summed E-state index contributed by atoms with van der Waals surface area (Å²) in [5, 5.41) is 0. The summed E-state index contributed by atoms with van der Waals surface area (Å²) < 4.78 is 23.1. The Balaban J connectivity index is 2.05. The standard InChI is InChI=1S/C12H20N4O2S/c1-10(13)7-11-8-14-12(15-9-11)16-3-2-5-19(17,18)6-4-16/h8-10H,2-7,13H2,1H3. The maximum Gasteiger partial charge on any atom is 0.225 e. The maximum absolute atomic E-state index is 11.5. The van der Waals surface area contributed by atoms with Gasteiger partial charge in [0.25, 0.3) is 0 Å². The molecule has 1 aliphatic heterocycles. The number of hydrogen-bond donors (Lipinski definition) is 1. The molecule has 1 fully saturated rings. The molecule has 1 saturated heterocycles. The normalized spacial score (nSPS) is 20.8. The minimum Gasteiger partial charge on any atom is -0.340 e. The molecule has 1 atom stereocenters. The molecule has 0 amide bonds. The van der Waals surface area contributed by atoms with Gasteiger partial charge in [0.05, 0.1) is 11.5 Å². The first-order chi connectivity index (χ1) is 8.96. The molecule has 106 valence electrons. The van der Waals surface area contributed by atoms with Gasteiger partial charge in [-0.05, 0) is 25.3 Å². The lowest BCUT2D eigenvalue weighted by molar-refractivity contribution is 0.597. The van der Waals surface area contributed by atoms with Crippen molar-refractivity contribution in [2.45, 2.75) is 25.8 Å². The highest BCUT2D eigenvalue weighted by Gasteiger charge is 2.20. The molecule has 0 radical (unpaired) electrons. The number of aromatic nitrogens is 2. The minimum absolute atomic E-state index is 0.0813. The van der Waals surface area contributed by atoms with Crippen molar-refractivity contribution in [3.8, 4) is 0 Å². The summed E-state index contributed by atoms with van der Waals surface area (Å²) in [6.45, 7) is 3.09. The fourth-order valence-electron chi connectivity index (χ4n) is 2.13. The predicted molar refractivity (Wildman–Crippen MR) is 74.9 cm³/mol. The monoisotopic (exact) mass is 284 g/mol. The average molecular weight is 284 g/mol. The van der Waals surface area contributed by atoms with E-state index in [1.54, 1.807) is 12.4 Å². The highest BCUT2D eigenvalue weighted by Crippen LogP contribution is 2.12. The lowest BCUT2D eigenvalue weighted by Gasteiger charge is -2.19. The summed E-state index contributed by atoms with van der Waals surface area (Å²) in [7, 11) is -2.90. The third-order valence-corrected chi connectivity index (χ3v) is 4.80. The zero-order chi connectivity index (χ0) is 13.9. The maximum atomic E-state index is 11.5. The third kappa shape index (κ3) is 4.14. The van der Waals surface area contributed by atoms with E-state index in [1.165, 1.54) is 0 Å². The predicted octanol–water partition coefficient (Wildman–Crippen LogP) is -0.00880. The molecule has 1 aliphatic rings. The van der Waals surface area contributed by atoms with Gasteiger partial charge >= 0.3 is 0 Å². The molecule has 1 unspecified atom stereocenters. The Labute approximate surface area is 114 Å². The van der Waals surface area contributed by atoms with E-state index in [9.17, 15) is 8.42 Å². The molecule has 0 aliphatic carbocycles. The van der Waals surface area contributed by atoms with Gasteiger partial charge in [-0.1, -0.05) is 0 Å². The van der Waals surface area contributed by atoms with Crippen LogP contribution in [0.25, 0.3) is 0 Å². The quantitative estimate of drug-likeness (QED) is 0.840. The molecule has 0 aromatic carbocycles. The van der Waals surface area contributed by atoms with E-state index in [1.807, 2.05) is 11.8 Å². The van der Waals surface area contributed by atoms with Crippen molar-refractivity contribution in [2.75, 3.05) is 29.5 Å². The second-order valence-electron chi connectivity index (χ2n) is 5.07. The van der Waals surface area contributed by atoms with Crippen LogP contribution in [-0.4, -0.2) is 49.0 Å². The smallest absolute Gasteiger partial charge is 0.225 e. The second kappa shape index (κ2) is 5.83. The molecular formula is C12H20N4O2S. The van der Waals surface area contributed by atoms with Gasteiger partial charge in [0, 0.05) is 31.5 Å².